The molecule has 0 saturated carbocycles. The van der Waals surface area contributed by atoms with Crippen molar-refractivity contribution in [3.05, 3.63) is 31.5 Å². The lowest BCUT2D eigenvalue weighted by atomic mass is 9.88. The van der Waals surface area contributed by atoms with Crippen LogP contribution in [0.15, 0.2) is 14.4 Å². The number of aliphatic hydroxyl groups is 18. The Morgan fingerprint density at radius 3 is 0.929 bits per heavy atom. The standard InChI is InChI=1S/C15H32O6.C12H26O6.C9H15N3O6.C6H15NO3.2C6H14O3/c1-5-15(9-19-6-12(2)16,10-20-7-13(3)17)11-21-8-14(4)18;1-2-12(9-16-6-3-13,10-17-7-4-14)11-18-8-5-15;13-4-1-10-7(16)11(2-5-14)9(18)12(3-6-15)8(10)17;8-4-1-7(2-5-9)3-6-10;1-6(4-8,5-9)2-3-7;7-4-2-1-3-6(9)5-8/h12-14,16-18H,5-11H2,1-4H3;13-15H,2-11H2,1H3;13-15H,1-6H2;8-10H,1-6H2;7-9H,2-5H2,1H3;6-9H,1-5H2. The van der Waals surface area contributed by atoms with Crippen LogP contribution < -0.4 is 17.1 Å². The van der Waals surface area contributed by atoms with Gasteiger partial charge in [-0.05, 0) is 59.3 Å². The van der Waals surface area contributed by atoms with E-state index < -0.39 is 66.7 Å². The summed E-state index contributed by atoms with van der Waals surface area (Å²) in [6.07, 6.45) is 1.91. The van der Waals surface area contributed by atoms with Crippen molar-refractivity contribution in [3.63, 3.8) is 0 Å². The zero-order chi connectivity index (χ0) is 66.0. The van der Waals surface area contributed by atoms with Crippen molar-refractivity contribution >= 4 is 0 Å². The van der Waals surface area contributed by atoms with Gasteiger partial charge in [-0.25, -0.2) is 28.1 Å². The second kappa shape index (κ2) is 61.6. The van der Waals surface area contributed by atoms with Gasteiger partial charge in [-0.1, -0.05) is 20.8 Å². The van der Waals surface area contributed by atoms with Crippen LogP contribution in [0.5, 0.6) is 0 Å². The normalized spacial score (nSPS) is 13.5. The highest BCUT2D eigenvalue weighted by atomic mass is 16.5. The molecular weight excluding hydrogens is 1140 g/mol. The molecule has 514 valence electrons. The van der Waals surface area contributed by atoms with Gasteiger partial charge in [0.25, 0.3) is 0 Å². The van der Waals surface area contributed by atoms with E-state index >= 15 is 0 Å². The van der Waals surface area contributed by atoms with Crippen LogP contribution in [-0.2, 0) is 48.1 Å². The first-order chi connectivity index (χ1) is 40.5. The third-order valence-electron chi connectivity index (χ3n) is 12.0. The zero-order valence-corrected chi connectivity index (χ0v) is 51.7. The monoisotopic (exact) mass is 1250 g/mol. The smallest absolute Gasteiger partial charge is 0.336 e. The Morgan fingerprint density at radius 1 is 0.424 bits per heavy atom. The minimum atomic E-state index is -0.887. The largest absolute Gasteiger partial charge is 0.396 e. The summed E-state index contributed by atoms with van der Waals surface area (Å²) in [5.41, 5.74) is -3.82. The van der Waals surface area contributed by atoms with Crippen molar-refractivity contribution < 1.29 is 120 Å². The van der Waals surface area contributed by atoms with Crippen LogP contribution in [0.2, 0.25) is 0 Å². The van der Waals surface area contributed by atoms with Crippen molar-refractivity contribution in [1.82, 2.24) is 18.6 Å². The Labute approximate surface area is 501 Å². The number of rotatable bonds is 47. The summed E-state index contributed by atoms with van der Waals surface area (Å²) >= 11 is 0. The van der Waals surface area contributed by atoms with E-state index in [0.717, 1.165) is 19.3 Å². The van der Waals surface area contributed by atoms with Crippen LogP contribution in [0.25, 0.3) is 0 Å². The molecule has 0 saturated heterocycles. The number of aliphatic hydroxyl groups excluding tert-OH is 18. The molecule has 0 fully saturated rings. The van der Waals surface area contributed by atoms with E-state index in [4.69, 9.17) is 105 Å². The molecular formula is C54H116N4O27. The summed E-state index contributed by atoms with van der Waals surface area (Å²) in [4.78, 5) is 37.1. The van der Waals surface area contributed by atoms with Crippen molar-refractivity contribution in [2.75, 3.05) is 191 Å². The highest BCUT2D eigenvalue weighted by Crippen LogP contribution is 2.25. The molecule has 31 nitrogen and oxygen atoms in total. The predicted octanol–water partition coefficient (Wildman–Crippen LogP) is -6.74. The number of aromatic nitrogens is 3. The number of nitrogens with zero attached hydrogens (tertiary/aromatic N) is 4. The van der Waals surface area contributed by atoms with Gasteiger partial charge in [0.2, 0.25) is 0 Å². The Balaban J connectivity index is -0.000000311. The SMILES string of the molecule is CC(CO)(CO)CCO.CCC(COCC(C)O)(COCC(C)O)COCC(C)O.CCC(COCCO)(COCCO)COCCO.O=c1n(CCO)c(=O)n(CCO)c(=O)n1CCO.OCCCCC(O)CO.OCCN(CCO)CCO. The van der Waals surface area contributed by atoms with Gasteiger partial charge in [-0.3, -0.25) is 4.90 Å². The lowest BCUT2D eigenvalue weighted by molar-refractivity contribution is -0.0968. The molecule has 18 N–H and O–H groups in total. The molecule has 1 rings (SSSR count). The highest BCUT2D eigenvalue weighted by molar-refractivity contribution is 4.81. The Morgan fingerprint density at radius 2 is 0.729 bits per heavy atom. The van der Waals surface area contributed by atoms with Crippen LogP contribution in [0, 0.1) is 16.2 Å². The fraction of sp³-hybridized carbons (Fsp3) is 0.944. The van der Waals surface area contributed by atoms with Crippen molar-refractivity contribution in [2.24, 2.45) is 16.2 Å². The van der Waals surface area contributed by atoms with Crippen molar-refractivity contribution in [1.29, 1.82) is 0 Å². The molecule has 4 unspecified atom stereocenters. The summed E-state index contributed by atoms with van der Waals surface area (Å²) in [6.45, 7) is 14.3. The molecule has 0 amide bonds. The van der Waals surface area contributed by atoms with Crippen molar-refractivity contribution in [2.45, 2.75) is 124 Å². The summed E-state index contributed by atoms with van der Waals surface area (Å²) in [6, 6.07) is 0. The molecule has 1 aromatic rings. The van der Waals surface area contributed by atoms with Gasteiger partial charge < -0.3 is 120 Å². The fourth-order valence-electron chi connectivity index (χ4n) is 6.64. The second-order valence-corrected chi connectivity index (χ2v) is 20.3. The second-order valence-electron chi connectivity index (χ2n) is 20.3. The van der Waals surface area contributed by atoms with Crippen LogP contribution in [0.3, 0.4) is 0 Å². The van der Waals surface area contributed by atoms with Gasteiger partial charge in [0.05, 0.1) is 203 Å². The summed E-state index contributed by atoms with van der Waals surface area (Å²) in [5, 5.41) is 157. The third-order valence-corrected chi connectivity index (χ3v) is 12.0. The van der Waals surface area contributed by atoms with Gasteiger partial charge in [0.15, 0.2) is 0 Å². The molecule has 0 bridgehead atoms. The molecule has 1 heterocycles. The van der Waals surface area contributed by atoms with Crippen LogP contribution in [-0.4, -0.2) is 326 Å². The number of unbranched alkanes of at least 4 members (excludes halogenated alkanes) is 1. The molecule has 0 aliphatic heterocycles. The van der Waals surface area contributed by atoms with Crippen LogP contribution in [0.1, 0.15) is 80.1 Å². The summed E-state index contributed by atoms with van der Waals surface area (Å²) < 4.78 is 34.8. The van der Waals surface area contributed by atoms with Crippen LogP contribution in [0.4, 0.5) is 0 Å². The molecule has 85 heavy (non-hydrogen) atoms. The maximum Gasteiger partial charge on any atom is 0.336 e. The van der Waals surface area contributed by atoms with E-state index in [9.17, 15) is 29.7 Å². The lowest BCUT2D eigenvalue weighted by Crippen LogP contribution is -2.55. The van der Waals surface area contributed by atoms with E-state index in [-0.39, 0.29) is 143 Å². The molecule has 0 aliphatic carbocycles. The topological polar surface area (TPSA) is 489 Å². The quantitative estimate of drug-likeness (QED) is 0.0270. The van der Waals surface area contributed by atoms with E-state index in [1.54, 1.807) is 32.6 Å². The number of ether oxygens (including phenoxy) is 6. The lowest BCUT2D eigenvalue weighted by Gasteiger charge is -2.32. The molecule has 31 heteroatoms. The molecule has 0 spiro atoms. The number of hydrogen-bond donors (Lipinski definition) is 18. The van der Waals surface area contributed by atoms with Gasteiger partial charge >= 0.3 is 17.1 Å². The summed E-state index contributed by atoms with van der Waals surface area (Å²) in [5.74, 6) is 0. The van der Waals surface area contributed by atoms with E-state index in [1.165, 1.54) is 0 Å². The minimum Gasteiger partial charge on any atom is -0.396 e. The molecule has 1 aromatic heterocycles. The Hall–Kier alpha value is -2.59. The van der Waals surface area contributed by atoms with Gasteiger partial charge in [0.1, 0.15) is 0 Å². The average molecular weight is 1250 g/mol. The van der Waals surface area contributed by atoms with Gasteiger partial charge in [-0.15, -0.1) is 0 Å². The van der Waals surface area contributed by atoms with Gasteiger partial charge in [-0.2, -0.15) is 0 Å². The first kappa shape index (κ1) is 91.1. The molecule has 0 radical (unpaired) electrons. The average Bonchev–Trinajstić information content (AvgIpc) is 3.49. The summed E-state index contributed by atoms with van der Waals surface area (Å²) in [7, 11) is 0. The maximum absolute atomic E-state index is 11.8. The molecule has 0 aromatic carbocycles. The van der Waals surface area contributed by atoms with Crippen LogP contribution >= 0.6 is 0 Å². The Kier molecular flexibility index (Phi) is 66.1. The predicted molar refractivity (Wildman–Crippen MR) is 313 cm³/mol. The van der Waals surface area contributed by atoms with E-state index in [0.29, 0.717) is 92.2 Å². The third kappa shape index (κ3) is 49.9. The number of hydrogen-bond acceptors (Lipinski definition) is 28. The maximum atomic E-state index is 11.8. The van der Waals surface area contributed by atoms with E-state index in [2.05, 4.69) is 0 Å². The van der Waals surface area contributed by atoms with Gasteiger partial charge in [0, 0.05) is 49.1 Å². The first-order valence-electron chi connectivity index (χ1n) is 28.9. The highest BCUT2D eigenvalue weighted by Gasteiger charge is 2.31. The van der Waals surface area contributed by atoms with E-state index in [1.807, 2.05) is 13.8 Å². The fourth-order valence-corrected chi connectivity index (χ4v) is 6.64. The Bertz CT molecular complexity index is 1550. The zero-order valence-electron chi connectivity index (χ0n) is 51.7. The molecule has 4 atom stereocenters. The first-order valence-corrected chi connectivity index (χ1v) is 28.9. The minimum absolute atomic E-state index is 0.0115. The van der Waals surface area contributed by atoms with Crippen molar-refractivity contribution in [3.8, 4) is 0 Å². The molecule has 0 aliphatic rings.